The van der Waals surface area contributed by atoms with E-state index in [-0.39, 0.29) is 0 Å². The fourth-order valence-electron chi connectivity index (χ4n) is 1.96. The number of aliphatic imine (C=N–C) groups is 1. The van der Waals surface area contributed by atoms with Crippen LogP contribution in [0.15, 0.2) is 35.3 Å². The first-order chi connectivity index (χ1) is 10.2. The van der Waals surface area contributed by atoms with Crippen molar-refractivity contribution in [2.45, 2.75) is 39.8 Å². The Labute approximate surface area is 129 Å². The monoisotopic (exact) mass is 290 g/mol. The molecule has 0 saturated carbocycles. The normalized spacial score (nSPS) is 13.3. The van der Waals surface area contributed by atoms with Crippen LogP contribution in [0, 0.1) is 0 Å². The predicted octanol–water partition coefficient (Wildman–Crippen LogP) is 2.47. The van der Waals surface area contributed by atoms with E-state index >= 15 is 0 Å². The third kappa shape index (κ3) is 7.71. The fourth-order valence-corrected chi connectivity index (χ4v) is 1.96. The Morgan fingerprint density at radius 1 is 1.24 bits per heavy atom. The van der Waals surface area contributed by atoms with E-state index in [1.807, 2.05) is 0 Å². The van der Waals surface area contributed by atoms with Crippen molar-refractivity contribution in [3.05, 3.63) is 35.9 Å². The van der Waals surface area contributed by atoms with Crippen LogP contribution in [0.4, 0.5) is 0 Å². The lowest BCUT2D eigenvalue weighted by Crippen LogP contribution is -2.42. The van der Waals surface area contributed by atoms with E-state index in [4.69, 9.17) is 0 Å². The molecule has 0 aliphatic carbocycles. The van der Waals surface area contributed by atoms with Crippen LogP contribution in [0.25, 0.3) is 0 Å². The lowest BCUT2D eigenvalue weighted by atomic mass is 10.2. The Bertz CT molecular complexity index is 403. The van der Waals surface area contributed by atoms with Gasteiger partial charge in [0.15, 0.2) is 5.96 Å². The molecule has 1 aromatic rings. The molecule has 21 heavy (non-hydrogen) atoms. The van der Waals surface area contributed by atoms with Crippen LogP contribution in [0.5, 0.6) is 0 Å². The summed E-state index contributed by atoms with van der Waals surface area (Å²) < 4.78 is 0. The van der Waals surface area contributed by atoms with Crippen LogP contribution in [0.3, 0.4) is 0 Å². The standard InChI is InChI=1S/C17H30N4/c1-5-15(3)20-17(18-6-2)19-12-13-21(4)14-16-10-8-7-9-11-16/h7-11,15H,5-6,12-14H2,1-4H3,(H2,18,19,20). The van der Waals surface area contributed by atoms with Crippen molar-refractivity contribution < 1.29 is 0 Å². The van der Waals surface area contributed by atoms with Crippen LogP contribution >= 0.6 is 0 Å². The topological polar surface area (TPSA) is 39.7 Å². The quantitative estimate of drug-likeness (QED) is 0.571. The third-order valence-corrected chi connectivity index (χ3v) is 3.39. The molecule has 118 valence electrons. The van der Waals surface area contributed by atoms with Crippen molar-refractivity contribution >= 4 is 5.96 Å². The van der Waals surface area contributed by atoms with Crippen LogP contribution in [0.1, 0.15) is 32.8 Å². The zero-order valence-electron chi connectivity index (χ0n) is 13.9. The van der Waals surface area contributed by atoms with Crippen LogP contribution in [-0.4, -0.2) is 43.6 Å². The van der Waals surface area contributed by atoms with Gasteiger partial charge in [-0.05, 0) is 32.9 Å². The zero-order chi connectivity index (χ0) is 15.5. The second kappa shape index (κ2) is 10.2. The molecule has 0 saturated heterocycles. The summed E-state index contributed by atoms with van der Waals surface area (Å²) in [5, 5.41) is 6.70. The second-order valence-corrected chi connectivity index (χ2v) is 5.44. The maximum atomic E-state index is 4.64. The summed E-state index contributed by atoms with van der Waals surface area (Å²) in [6, 6.07) is 11.0. The molecule has 0 amide bonds. The van der Waals surface area contributed by atoms with Gasteiger partial charge in [0.1, 0.15) is 0 Å². The Kier molecular flexibility index (Phi) is 8.51. The van der Waals surface area contributed by atoms with Crippen molar-refractivity contribution in [2.24, 2.45) is 4.99 Å². The Balaban J connectivity index is 2.38. The first kappa shape index (κ1) is 17.5. The lowest BCUT2D eigenvalue weighted by Gasteiger charge is -2.18. The van der Waals surface area contributed by atoms with Gasteiger partial charge in [-0.3, -0.25) is 4.99 Å². The van der Waals surface area contributed by atoms with E-state index in [1.165, 1.54) is 5.56 Å². The van der Waals surface area contributed by atoms with Gasteiger partial charge in [-0.15, -0.1) is 0 Å². The minimum Gasteiger partial charge on any atom is -0.357 e. The summed E-state index contributed by atoms with van der Waals surface area (Å²) in [5.74, 6) is 0.917. The molecule has 1 unspecified atom stereocenters. The highest BCUT2D eigenvalue weighted by atomic mass is 15.2. The van der Waals surface area contributed by atoms with Gasteiger partial charge in [0.05, 0.1) is 6.54 Å². The number of hydrogen-bond acceptors (Lipinski definition) is 2. The van der Waals surface area contributed by atoms with Crippen LogP contribution < -0.4 is 10.6 Å². The molecule has 0 aliphatic heterocycles. The first-order valence-corrected chi connectivity index (χ1v) is 7.93. The molecular formula is C17H30N4. The molecule has 4 nitrogen and oxygen atoms in total. The summed E-state index contributed by atoms with van der Waals surface area (Å²) in [7, 11) is 2.14. The van der Waals surface area contributed by atoms with Gasteiger partial charge in [-0.2, -0.15) is 0 Å². The average molecular weight is 290 g/mol. The molecule has 0 spiro atoms. The van der Waals surface area contributed by atoms with Crippen molar-refractivity contribution in [3.8, 4) is 0 Å². The molecule has 1 atom stereocenters. The second-order valence-electron chi connectivity index (χ2n) is 5.44. The number of benzene rings is 1. The number of likely N-dealkylation sites (N-methyl/N-ethyl adjacent to an activating group) is 1. The molecule has 1 rings (SSSR count). The van der Waals surface area contributed by atoms with E-state index < -0.39 is 0 Å². The summed E-state index contributed by atoms with van der Waals surface area (Å²) in [4.78, 5) is 6.93. The van der Waals surface area contributed by atoms with Crippen molar-refractivity contribution in [2.75, 3.05) is 26.7 Å². The van der Waals surface area contributed by atoms with Crippen molar-refractivity contribution in [1.29, 1.82) is 0 Å². The first-order valence-electron chi connectivity index (χ1n) is 7.93. The van der Waals surface area contributed by atoms with E-state index in [2.05, 4.69) is 78.7 Å². The molecule has 2 N–H and O–H groups in total. The molecule has 0 aromatic heterocycles. The van der Waals surface area contributed by atoms with Gasteiger partial charge in [-0.1, -0.05) is 37.3 Å². The summed E-state index contributed by atoms with van der Waals surface area (Å²) in [6.45, 7) is 10.0. The molecular weight excluding hydrogens is 260 g/mol. The minimum atomic E-state index is 0.449. The molecule has 0 bridgehead atoms. The average Bonchev–Trinajstić information content (AvgIpc) is 2.48. The largest absolute Gasteiger partial charge is 0.357 e. The Morgan fingerprint density at radius 3 is 2.57 bits per heavy atom. The van der Waals surface area contributed by atoms with Gasteiger partial charge in [-0.25, -0.2) is 0 Å². The van der Waals surface area contributed by atoms with Crippen molar-refractivity contribution in [1.82, 2.24) is 15.5 Å². The summed E-state index contributed by atoms with van der Waals surface area (Å²) in [6.07, 6.45) is 1.10. The summed E-state index contributed by atoms with van der Waals surface area (Å²) >= 11 is 0. The zero-order valence-corrected chi connectivity index (χ0v) is 13.9. The Hall–Kier alpha value is -1.55. The maximum absolute atomic E-state index is 4.64. The molecule has 0 aliphatic rings. The van der Waals surface area contributed by atoms with Gasteiger partial charge in [0.25, 0.3) is 0 Å². The third-order valence-electron chi connectivity index (χ3n) is 3.39. The van der Waals surface area contributed by atoms with Crippen molar-refractivity contribution in [3.63, 3.8) is 0 Å². The fraction of sp³-hybridized carbons (Fsp3) is 0.588. The predicted molar refractivity (Wildman–Crippen MR) is 91.6 cm³/mol. The van der Waals surface area contributed by atoms with Crippen LogP contribution in [-0.2, 0) is 6.54 Å². The lowest BCUT2D eigenvalue weighted by molar-refractivity contribution is 0.336. The van der Waals surface area contributed by atoms with Gasteiger partial charge in [0.2, 0.25) is 0 Å². The minimum absolute atomic E-state index is 0.449. The maximum Gasteiger partial charge on any atom is 0.191 e. The highest BCUT2D eigenvalue weighted by Gasteiger charge is 2.03. The SMILES string of the molecule is CCNC(=NCCN(C)Cc1ccccc1)NC(C)CC. The number of nitrogens with one attached hydrogen (secondary N) is 2. The van der Waals surface area contributed by atoms with E-state index in [1.54, 1.807) is 0 Å². The number of rotatable bonds is 8. The summed E-state index contributed by atoms with van der Waals surface area (Å²) in [5.41, 5.74) is 1.34. The van der Waals surface area contributed by atoms with E-state index in [0.29, 0.717) is 6.04 Å². The highest BCUT2D eigenvalue weighted by molar-refractivity contribution is 5.80. The van der Waals surface area contributed by atoms with Gasteiger partial charge in [0, 0.05) is 25.7 Å². The molecule has 0 fully saturated rings. The smallest absolute Gasteiger partial charge is 0.191 e. The number of guanidine groups is 1. The van der Waals surface area contributed by atoms with Crippen LogP contribution in [0.2, 0.25) is 0 Å². The molecule has 0 radical (unpaired) electrons. The Morgan fingerprint density at radius 2 is 1.95 bits per heavy atom. The molecule has 1 aromatic carbocycles. The van der Waals surface area contributed by atoms with E-state index in [9.17, 15) is 0 Å². The van der Waals surface area contributed by atoms with E-state index in [0.717, 1.165) is 38.6 Å². The van der Waals surface area contributed by atoms with Gasteiger partial charge < -0.3 is 15.5 Å². The number of nitrogens with zero attached hydrogens (tertiary/aromatic N) is 2. The number of hydrogen-bond donors (Lipinski definition) is 2. The molecule has 0 heterocycles. The van der Waals surface area contributed by atoms with Gasteiger partial charge >= 0.3 is 0 Å². The molecule has 4 heteroatoms. The highest BCUT2D eigenvalue weighted by Crippen LogP contribution is 2.01.